The molecule has 3 N–H and O–H groups in total. The van der Waals surface area contributed by atoms with Crippen LogP contribution >= 0.6 is 0 Å². The van der Waals surface area contributed by atoms with E-state index in [1.165, 1.54) is 0 Å². The lowest BCUT2D eigenvalue weighted by atomic mass is 10.1. The fourth-order valence-electron chi connectivity index (χ4n) is 1.90. The van der Waals surface area contributed by atoms with Gasteiger partial charge in [0.25, 0.3) is 5.91 Å². The smallest absolute Gasteiger partial charge is 0.271 e. The number of benzene rings is 2. The van der Waals surface area contributed by atoms with E-state index in [9.17, 15) is 4.79 Å². The van der Waals surface area contributed by atoms with Gasteiger partial charge in [-0.1, -0.05) is 12.1 Å². The molecule has 0 atom stereocenters. The first kappa shape index (κ1) is 15.6. The van der Waals surface area contributed by atoms with Crippen LogP contribution in [0.4, 0.5) is 11.4 Å². The Balaban J connectivity index is 2.05. The van der Waals surface area contributed by atoms with E-state index >= 15 is 0 Å². The number of nitrogens with one attached hydrogen (secondary N) is 1. The number of amides is 1. The van der Waals surface area contributed by atoms with Crippen molar-refractivity contribution in [1.82, 2.24) is 5.43 Å². The van der Waals surface area contributed by atoms with Crippen molar-refractivity contribution in [2.75, 3.05) is 24.7 Å². The summed E-state index contributed by atoms with van der Waals surface area (Å²) in [7, 11) is 3.91. The summed E-state index contributed by atoms with van der Waals surface area (Å²) >= 11 is 0. The molecule has 114 valence electrons. The van der Waals surface area contributed by atoms with Gasteiger partial charge in [-0.15, -0.1) is 0 Å². The largest absolute Gasteiger partial charge is 0.399 e. The average Bonchev–Trinajstić information content (AvgIpc) is 2.53. The molecule has 0 unspecified atom stereocenters. The molecule has 0 saturated heterocycles. The van der Waals surface area contributed by atoms with Crippen LogP contribution in [0.1, 0.15) is 22.8 Å². The van der Waals surface area contributed by atoms with Crippen molar-refractivity contribution in [3.63, 3.8) is 0 Å². The number of nitrogen functional groups attached to an aromatic ring is 1. The number of nitrogens with zero attached hydrogens (tertiary/aromatic N) is 2. The fourth-order valence-corrected chi connectivity index (χ4v) is 1.90. The van der Waals surface area contributed by atoms with Crippen LogP contribution in [-0.4, -0.2) is 25.7 Å². The van der Waals surface area contributed by atoms with Crippen LogP contribution in [0.2, 0.25) is 0 Å². The molecule has 0 aliphatic rings. The molecule has 0 spiro atoms. The second-order valence-electron chi connectivity index (χ2n) is 5.20. The summed E-state index contributed by atoms with van der Waals surface area (Å²) < 4.78 is 0. The maximum Gasteiger partial charge on any atom is 0.271 e. The third-order valence-corrected chi connectivity index (χ3v) is 3.30. The van der Waals surface area contributed by atoms with E-state index in [0.717, 1.165) is 17.0 Å². The maximum absolute atomic E-state index is 12.1. The van der Waals surface area contributed by atoms with E-state index in [1.54, 1.807) is 24.3 Å². The average molecular weight is 296 g/mol. The summed E-state index contributed by atoms with van der Waals surface area (Å²) in [5, 5.41) is 4.12. The van der Waals surface area contributed by atoms with Crippen LogP contribution in [0.5, 0.6) is 0 Å². The monoisotopic (exact) mass is 296 g/mol. The molecule has 5 heteroatoms. The van der Waals surface area contributed by atoms with Gasteiger partial charge >= 0.3 is 0 Å². The van der Waals surface area contributed by atoms with E-state index < -0.39 is 0 Å². The van der Waals surface area contributed by atoms with Crippen molar-refractivity contribution in [2.45, 2.75) is 6.92 Å². The minimum Gasteiger partial charge on any atom is -0.399 e. The highest BCUT2D eigenvalue weighted by molar-refractivity contribution is 6.01. The van der Waals surface area contributed by atoms with Crippen molar-refractivity contribution in [3.8, 4) is 0 Å². The number of carbonyl (C=O) groups excluding carboxylic acids is 1. The molecule has 22 heavy (non-hydrogen) atoms. The van der Waals surface area contributed by atoms with Gasteiger partial charge in [-0.3, -0.25) is 4.79 Å². The fraction of sp³-hybridized carbons (Fsp3) is 0.176. The molecule has 0 bridgehead atoms. The number of anilines is 2. The molecule has 0 aromatic heterocycles. The quantitative estimate of drug-likeness (QED) is 0.517. The van der Waals surface area contributed by atoms with E-state index in [-0.39, 0.29) is 5.91 Å². The third kappa shape index (κ3) is 3.85. The highest BCUT2D eigenvalue weighted by Gasteiger charge is 2.05. The Morgan fingerprint density at radius 1 is 1.00 bits per heavy atom. The van der Waals surface area contributed by atoms with Crippen molar-refractivity contribution < 1.29 is 4.79 Å². The topological polar surface area (TPSA) is 70.7 Å². The van der Waals surface area contributed by atoms with Crippen LogP contribution in [0.15, 0.2) is 53.6 Å². The highest BCUT2D eigenvalue weighted by Crippen LogP contribution is 2.12. The number of carbonyl (C=O) groups is 1. The number of nitrogens with two attached hydrogens (primary N) is 1. The zero-order valence-electron chi connectivity index (χ0n) is 13.0. The lowest BCUT2D eigenvalue weighted by Gasteiger charge is -2.12. The molecule has 1 amide bonds. The van der Waals surface area contributed by atoms with E-state index in [0.29, 0.717) is 11.3 Å². The predicted molar refractivity (Wildman–Crippen MR) is 91.3 cm³/mol. The van der Waals surface area contributed by atoms with Crippen LogP contribution < -0.4 is 16.1 Å². The minimum atomic E-state index is -0.236. The Morgan fingerprint density at radius 2 is 1.55 bits per heavy atom. The summed E-state index contributed by atoms with van der Waals surface area (Å²) in [6, 6.07) is 14.7. The van der Waals surface area contributed by atoms with E-state index in [2.05, 4.69) is 10.5 Å². The molecule has 0 radical (unpaired) electrons. The zero-order chi connectivity index (χ0) is 16.1. The summed E-state index contributed by atoms with van der Waals surface area (Å²) in [5.41, 5.74) is 12.1. The molecule has 0 aliphatic heterocycles. The Morgan fingerprint density at radius 3 is 2.09 bits per heavy atom. The van der Waals surface area contributed by atoms with Crippen LogP contribution in [0.3, 0.4) is 0 Å². The molecule has 0 heterocycles. The molecular formula is C17H20N4O. The van der Waals surface area contributed by atoms with Crippen LogP contribution in [0.25, 0.3) is 0 Å². The van der Waals surface area contributed by atoms with Gasteiger partial charge in [0, 0.05) is 31.0 Å². The molecule has 0 fully saturated rings. The summed E-state index contributed by atoms with van der Waals surface area (Å²) in [4.78, 5) is 14.0. The summed E-state index contributed by atoms with van der Waals surface area (Å²) in [5.74, 6) is -0.236. The van der Waals surface area contributed by atoms with Gasteiger partial charge in [0.1, 0.15) is 0 Å². The lowest BCUT2D eigenvalue weighted by Crippen LogP contribution is -2.19. The van der Waals surface area contributed by atoms with Crippen molar-refractivity contribution in [3.05, 3.63) is 59.7 Å². The van der Waals surface area contributed by atoms with Crippen LogP contribution in [-0.2, 0) is 0 Å². The summed E-state index contributed by atoms with van der Waals surface area (Å²) in [6.07, 6.45) is 0. The first-order valence-electron chi connectivity index (χ1n) is 6.95. The molecule has 2 rings (SSSR count). The third-order valence-electron chi connectivity index (χ3n) is 3.30. The second kappa shape index (κ2) is 6.76. The standard InChI is InChI=1S/C17H20N4O/c1-12(13-4-8-15(18)9-5-13)19-20-17(22)14-6-10-16(11-7-14)21(2)3/h4-11H,18H2,1-3H3,(H,20,22)/b19-12+. The first-order valence-corrected chi connectivity index (χ1v) is 6.95. The maximum atomic E-state index is 12.1. The number of rotatable bonds is 4. The number of hydrazone groups is 1. The molecule has 5 nitrogen and oxygen atoms in total. The van der Waals surface area contributed by atoms with E-state index in [4.69, 9.17) is 5.73 Å². The molecule has 0 aliphatic carbocycles. The van der Waals surface area contributed by atoms with Gasteiger partial charge in [-0.25, -0.2) is 5.43 Å². The van der Waals surface area contributed by atoms with Crippen molar-refractivity contribution in [1.29, 1.82) is 0 Å². The van der Waals surface area contributed by atoms with Gasteiger partial charge in [-0.05, 0) is 48.9 Å². The van der Waals surface area contributed by atoms with Crippen LogP contribution in [0, 0.1) is 0 Å². The summed E-state index contributed by atoms with van der Waals surface area (Å²) in [6.45, 7) is 1.83. The second-order valence-corrected chi connectivity index (χ2v) is 5.20. The minimum absolute atomic E-state index is 0.236. The highest BCUT2D eigenvalue weighted by atomic mass is 16.2. The normalized spacial score (nSPS) is 11.1. The van der Waals surface area contributed by atoms with E-state index in [1.807, 2.05) is 50.2 Å². The zero-order valence-corrected chi connectivity index (χ0v) is 13.0. The van der Waals surface area contributed by atoms with Gasteiger partial charge in [0.15, 0.2) is 0 Å². The van der Waals surface area contributed by atoms with Gasteiger partial charge in [0.05, 0.1) is 5.71 Å². The van der Waals surface area contributed by atoms with Crippen molar-refractivity contribution in [2.24, 2.45) is 5.10 Å². The SMILES string of the molecule is C/C(=N\NC(=O)c1ccc(N(C)C)cc1)c1ccc(N)cc1. The molecular weight excluding hydrogens is 276 g/mol. The Hall–Kier alpha value is -2.82. The van der Waals surface area contributed by atoms with Gasteiger partial charge in [0.2, 0.25) is 0 Å². The molecule has 0 saturated carbocycles. The predicted octanol–water partition coefficient (Wildman–Crippen LogP) is 2.49. The Kier molecular flexibility index (Phi) is 4.78. The van der Waals surface area contributed by atoms with Gasteiger partial charge in [-0.2, -0.15) is 5.10 Å². The number of hydrogen-bond donors (Lipinski definition) is 2. The first-order chi connectivity index (χ1) is 10.5. The van der Waals surface area contributed by atoms with Gasteiger partial charge < -0.3 is 10.6 Å². The lowest BCUT2D eigenvalue weighted by molar-refractivity contribution is 0.0955. The number of hydrogen-bond acceptors (Lipinski definition) is 4. The Labute approximate surface area is 130 Å². The Bertz CT molecular complexity index is 673. The molecule has 2 aromatic carbocycles. The van der Waals surface area contributed by atoms with Crippen molar-refractivity contribution >= 4 is 23.0 Å². The molecule has 2 aromatic rings.